The molecule has 1 aromatic heterocycles. The van der Waals surface area contributed by atoms with E-state index in [1.54, 1.807) is 13.8 Å². The van der Waals surface area contributed by atoms with Gasteiger partial charge < -0.3 is 0 Å². The molecule has 7 heteroatoms. The molecular weight excluding hydrogens is 329 g/mol. The van der Waals surface area contributed by atoms with Crippen molar-refractivity contribution < 1.29 is 12.8 Å². The molecule has 0 atom stereocenters. The molecular formula is C17H16FN3O2S. The second-order valence-corrected chi connectivity index (χ2v) is 7.10. The zero-order chi connectivity index (χ0) is 17.3. The number of nitrogens with zero attached hydrogens (tertiary/aromatic N) is 1. The standard InChI is InChI=1S/C17H16FN3O2S/c1-11-8-9-14(18)10-15(11)24(22,23)21-17-12(2)16(19-20-17)13-6-4-3-5-7-13/h3-10H,1-2H3,(H2,19,20,21). The summed E-state index contributed by atoms with van der Waals surface area (Å²) in [5, 5.41) is 6.89. The third-order valence-corrected chi connectivity index (χ3v) is 5.22. The van der Waals surface area contributed by atoms with E-state index < -0.39 is 15.8 Å². The van der Waals surface area contributed by atoms with Crippen molar-refractivity contribution in [2.24, 2.45) is 0 Å². The molecule has 0 amide bonds. The summed E-state index contributed by atoms with van der Waals surface area (Å²) >= 11 is 0. The Morgan fingerprint density at radius 3 is 2.50 bits per heavy atom. The van der Waals surface area contributed by atoms with Gasteiger partial charge in [0.1, 0.15) is 5.82 Å². The summed E-state index contributed by atoms with van der Waals surface area (Å²) in [5.41, 5.74) is 2.75. The van der Waals surface area contributed by atoms with Gasteiger partial charge in [-0.1, -0.05) is 36.4 Å². The number of halogens is 1. The minimum absolute atomic E-state index is 0.105. The fourth-order valence-electron chi connectivity index (χ4n) is 2.43. The maximum absolute atomic E-state index is 13.4. The molecule has 0 radical (unpaired) electrons. The topological polar surface area (TPSA) is 74.8 Å². The highest BCUT2D eigenvalue weighted by atomic mass is 32.2. The van der Waals surface area contributed by atoms with Crippen molar-refractivity contribution in [1.29, 1.82) is 0 Å². The Hall–Kier alpha value is -2.67. The molecule has 3 rings (SSSR count). The molecule has 0 fully saturated rings. The first kappa shape index (κ1) is 16.2. The Balaban J connectivity index is 1.97. The van der Waals surface area contributed by atoms with Gasteiger partial charge in [-0.05, 0) is 37.1 Å². The van der Waals surface area contributed by atoms with Gasteiger partial charge in [0.25, 0.3) is 10.0 Å². The van der Waals surface area contributed by atoms with Gasteiger partial charge in [-0.25, -0.2) is 12.8 Å². The van der Waals surface area contributed by atoms with Gasteiger partial charge in [0.05, 0.1) is 10.6 Å². The van der Waals surface area contributed by atoms with Crippen LogP contribution in [0.3, 0.4) is 0 Å². The summed E-state index contributed by atoms with van der Waals surface area (Å²) in [6, 6.07) is 13.1. The summed E-state index contributed by atoms with van der Waals surface area (Å²) in [4.78, 5) is -0.105. The number of hydrogen-bond donors (Lipinski definition) is 2. The monoisotopic (exact) mass is 345 g/mol. The maximum atomic E-state index is 13.4. The molecule has 5 nitrogen and oxygen atoms in total. The molecule has 0 unspecified atom stereocenters. The van der Waals surface area contributed by atoms with Crippen LogP contribution in [0.1, 0.15) is 11.1 Å². The summed E-state index contributed by atoms with van der Waals surface area (Å²) in [7, 11) is -3.93. The average molecular weight is 345 g/mol. The van der Waals surface area contributed by atoms with Crippen LogP contribution >= 0.6 is 0 Å². The number of anilines is 1. The van der Waals surface area contributed by atoms with Gasteiger partial charge >= 0.3 is 0 Å². The summed E-state index contributed by atoms with van der Waals surface area (Å²) in [6.07, 6.45) is 0. The number of hydrogen-bond acceptors (Lipinski definition) is 3. The fraction of sp³-hybridized carbons (Fsp3) is 0.118. The van der Waals surface area contributed by atoms with E-state index in [-0.39, 0.29) is 10.7 Å². The van der Waals surface area contributed by atoms with E-state index in [0.717, 1.165) is 17.3 Å². The van der Waals surface area contributed by atoms with Crippen LogP contribution in [0.5, 0.6) is 0 Å². The van der Waals surface area contributed by atoms with Crippen molar-refractivity contribution in [3.63, 3.8) is 0 Å². The predicted molar refractivity (Wildman–Crippen MR) is 90.7 cm³/mol. The molecule has 2 aromatic carbocycles. The van der Waals surface area contributed by atoms with E-state index in [4.69, 9.17) is 0 Å². The van der Waals surface area contributed by atoms with Crippen molar-refractivity contribution in [3.05, 3.63) is 65.5 Å². The van der Waals surface area contributed by atoms with Gasteiger partial charge in [0.2, 0.25) is 0 Å². The highest BCUT2D eigenvalue weighted by molar-refractivity contribution is 7.92. The van der Waals surface area contributed by atoms with E-state index in [9.17, 15) is 12.8 Å². The lowest BCUT2D eigenvalue weighted by molar-refractivity contribution is 0.594. The molecule has 0 spiro atoms. The van der Waals surface area contributed by atoms with Gasteiger partial charge in [0, 0.05) is 5.56 Å². The molecule has 2 N–H and O–H groups in total. The van der Waals surface area contributed by atoms with Crippen LogP contribution in [0.4, 0.5) is 10.2 Å². The van der Waals surface area contributed by atoms with E-state index in [0.29, 0.717) is 11.1 Å². The highest BCUT2D eigenvalue weighted by Crippen LogP contribution is 2.27. The second kappa shape index (κ2) is 6.09. The lowest BCUT2D eigenvalue weighted by atomic mass is 10.1. The largest absolute Gasteiger partial charge is 0.275 e. The normalized spacial score (nSPS) is 11.5. The predicted octanol–water partition coefficient (Wildman–Crippen LogP) is 3.63. The number of benzene rings is 2. The van der Waals surface area contributed by atoms with Crippen LogP contribution in [0, 0.1) is 19.7 Å². The summed E-state index contributed by atoms with van der Waals surface area (Å²) < 4.78 is 40.9. The van der Waals surface area contributed by atoms with Crippen LogP contribution in [0.25, 0.3) is 11.3 Å². The fourth-order valence-corrected chi connectivity index (χ4v) is 3.75. The Bertz CT molecular complexity index is 982. The van der Waals surface area contributed by atoms with Gasteiger partial charge in [0.15, 0.2) is 5.82 Å². The van der Waals surface area contributed by atoms with E-state index in [1.807, 2.05) is 30.3 Å². The van der Waals surface area contributed by atoms with Gasteiger partial charge in [-0.15, -0.1) is 0 Å². The number of sulfonamides is 1. The number of aromatic nitrogens is 2. The number of nitrogens with one attached hydrogen (secondary N) is 2. The number of aromatic amines is 1. The molecule has 0 saturated carbocycles. The van der Waals surface area contributed by atoms with Crippen LogP contribution in [-0.4, -0.2) is 18.6 Å². The van der Waals surface area contributed by atoms with Crippen LogP contribution < -0.4 is 4.72 Å². The zero-order valence-electron chi connectivity index (χ0n) is 13.2. The molecule has 24 heavy (non-hydrogen) atoms. The number of rotatable bonds is 4. The van der Waals surface area contributed by atoms with E-state index >= 15 is 0 Å². The molecule has 124 valence electrons. The Morgan fingerprint density at radius 2 is 1.79 bits per heavy atom. The van der Waals surface area contributed by atoms with Gasteiger partial charge in [-0.2, -0.15) is 5.10 Å². The molecule has 0 bridgehead atoms. The molecule has 0 aliphatic heterocycles. The maximum Gasteiger partial charge on any atom is 0.263 e. The first-order valence-electron chi connectivity index (χ1n) is 7.28. The van der Waals surface area contributed by atoms with E-state index in [2.05, 4.69) is 14.9 Å². The Kier molecular flexibility index (Phi) is 4.11. The smallest absolute Gasteiger partial charge is 0.263 e. The van der Waals surface area contributed by atoms with E-state index in [1.165, 1.54) is 12.1 Å². The van der Waals surface area contributed by atoms with Crippen LogP contribution in [0.2, 0.25) is 0 Å². The second-order valence-electron chi connectivity index (χ2n) is 5.45. The number of aryl methyl sites for hydroxylation is 1. The van der Waals surface area contributed by atoms with Crippen LogP contribution in [0.15, 0.2) is 53.4 Å². The van der Waals surface area contributed by atoms with Crippen LogP contribution in [-0.2, 0) is 10.0 Å². The first-order chi connectivity index (χ1) is 11.4. The van der Waals surface area contributed by atoms with Crippen molar-refractivity contribution in [2.45, 2.75) is 18.7 Å². The minimum atomic E-state index is -3.93. The quantitative estimate of drug-likeness (QED) is 0.758. The average Bonchev–Trinajstić information content (AvgIpc) is 2.91. The lowest BCUT2D eigenvalue weighted by Gasteiger charge is -2.09. The zero-order valence-corrected chi connectivity index (χ0v) is 14.0. The Morgan fingerprint density at radius 1 is 1.08 bits per heavy atom. The lowest BCUT2D eigenvalue weighted by Crippen LogP contribution is -2.15. The Labute approximate surface area is 139 Å². The van der Waals surface area contributed by atoms with Crippen molar-refractivity contribution in [2.75, 3.05) is 4.72 Å². The minimum Gasteiger partial charge on any atom is -0.275 e. The third kappa shape index (κ3) is 3.03. The summed E-state index contributed by atoms with van der Waals surface area (Å²) in [5.74, 6) is -0.415. The van der Waals surface area contributed by atoms with Crippen molar-refractivity contribution in [1.82, 2.24) is 10.2 Å². The molecule has 0 saturated heterocycles. The summed E-state index contributed by atoms with van der Waals surface area (Å²) in [6.45, 7) is 3.38. The highest BCUT2D eigenvalue weighted by Gasteiger charge is 2.21. The molecule has 0 aliphatic rings. The third-order valence-electron chi connectivity index (χ3n) is 3.74. The molecule has 0 aliphatic carbocycles. The van der Waals surface area contributed by atoms with Gasteiger partial charge in [-0.3, -0.25) is 9.82 Å². The SMILES string of the molecule is Cc1ccc(F)cc1S(=O)(=O)Nc1n[nH]c(-c2ccccc2)c1C. The molecule has 3 aromatic rings. The number of H-pyrrole nitrogens is 1. The molecule has 1 heterocycles. The van der Waals surface area contributed by atoms with Crippen molar-refractivity contribution >= 4 is 15.8 Å². The van der Waals surface area contributed by atoms with Crippen molar-refractivity contribution in [3.8, 4) is 11.3 Å². The first-order valence-corrected chi connectivity index (χ1v) is 8.76.